The van der Waals surface area contributed by atoms with Crippen LogP contribution in [0.1, 0.15) is 11.1 Å². The fourth-order valence-electron chi connectivity index (χ4n) is 2.04. The van der Waals surface area contributed by atoms with Crippen LogP contribution >= 0.6 is 0 Å². The molecule has 154 valence electrons. The molecule has 10 heteroatoms. The van der Waals surface area contributed by atoms with E-state index in [1.807, 2.05) is 29.1 Å². The van der Waals surface area contributed by atoms with E-state index in [0.29, 0.717) is 5.56 Å². The minimum atomic E-state index is -3.91. The van der Waals surface area contributed by atoms with Crippen LogP contribution in [0, 0.1) is 18.6 Å². The zero-order chi connectivity index (χ0) is 21.4. The highest BCUT2D eigenvalue weighted by molar-refractivity contribution is 7.92. The van der Waals surface area contributed by atoms with E-state index in [1.54, 1.807) is 12.1 Å². The molecule has 0 spiro atoms. The van der Waals surface area contributed by atoms with Crippen LogP contribution in [0.2, 0.25) is 0 Å². The first-order valence-corrected chi connectivity index (χ1v) is 9.85. The van der Waals surface area contributed by atoms with Crippen molar-refractivity contribution in [2.24, 2.45) is 0 Å². The molecule has 0 aromatic heterocycles. The monoisotopic (exact) mass is 424 g/mol. The Morgan fingerprint density at radius 1 is 1.07 bits per heavy atom. The van der Waals surface area contributed by atoms with Gasteiger partial charge in [0.2, 0.25) is 10.0 Å². The van der Waals surface area contributed by atoms with Crippen LogP contribution in [-0.4, -0.2) is 33.4 Å². The number of amides is 1. The molecule has 0 saturated heterocycles. The summed E-state index contributed by atoms with van der Waals surface area (Å²) < 4.78 is 57.2. The summed E-state index contributed by atoms with van der Waals surface area (Å²) in [6.45, 7) is 0.333. The van der Waals surface area contributed by atoms with Crippen LogP contribution in [0.4, 0.5) is 14.5 Å². The number of benzene rings is 2. The third-order valence-corrected chi connectivity index (χ3v) is 4.57. The van der Waals surface area contributed by atoms with E-state index < -0.39 is 52.4 Å². The third-order valence-electron chi connectivity index (χ3n) is 3.53. The first-order chi connectivity index (χ1) is 13.7. The fourth-order valence-corrected chi connectivity index (χ4v) is 2.79. The lowest BCUT2D eigenvalue weighted by Gasteiger charge is -2.08. The summed E-state index contributed by atoms with van der Waals surface area (Å²) in [6.07, 6.45) is 1.35. The van der Waals surface area contributed by atoms with Gasteiger partial charge < -0.3 is 10.1 Å². The predicted molar refractivity (Wildman–Crippen MR) is 103 cm³/mol. The molecular weight excluding hydrogens is 406 g/mol. The fraction of sp³-hybridized carbons (Fsp3) is 0.158. The van der Waals surface area contributed by atoms with Gasteiger partial charge in [0, 0.05) is 5.41 Å². The molecule has 0 heterocycles. The van der Waals surface area contributed by atoms with Gasteiger partial charge in [0.25, 0.3) is 5.91 Å². The van der Waals surface area contributed by atoms with E-state index in [9.17, 15) is 26.8 Å². The highest BCUT2D eigenvalue weighted by Gasteiger charge is 2.15. The van der Waals surface area contributed by atoms with Crippen molar-refractivity contribution in [3.05, 3.63) is 70.6 Å². The molecule has 0 fully saturated rings. The minimum absolute atomic E-state index is 0.653. The quantitative estimate of drug-likeness (QED) is 0.634. The molecule has 0 aliphatic rings. The van der Waals surface area contributed by atoms with E-state index in [1.165, 1.54) is 6.08 Å². The molecule has 1 amide bonds. The average molecular weight is 424 g/mol. The standard InChI is InChI=1S/C19H18F2N2O5S/c1-13-5-7-14(8-6-13)9-10-29(26,27)22-11-18(25)28-12-17(24)23-19-15(20)3-2-4-16(19)21/h2-10,22H,11-12H2,1H3,(H,23,24)/b10-9+. The van der Waals surface area contributed by atoms with E-state index >= 15 is 0 Å². The third kappa shape index (κ3) is 7.43. The van der Waals surface area contributed by atoms with Crippen LogP contribution < -0.4 is 10.0 Å². The highest BCUT2D eigenvalue weighted by atomic mass is 32.2. The number of anilines is 1. The first-order valence-electron chi connectivity index (χ1n) is 8.30. The van der Waals surface area contributed by atoms with Crippen molar-refractivity contribution < 1.29 is 31.5 Å². The lowest BCUT2D eigenvalue weighted by atomic mass is 10.2. The molecule has 0 bridgehead atoms. The normalized spacial score (nSPS) is 11.4. The van der Waals surface area contributed by atoms with Crippen LogP contribution in [0.3, 0.4) is 0 Å². The van der Waals surface area contributed by atoms with Crippen molar-refractivity contribution in [1.29, 1.82) is 0 Å². The Kier molecular flexibility index (Phi) is 7.57. The summed E-state index contributed by atoms with van der Waals surface area (Å²) in [5.41, 5.74) is 1.00. The number of hydrogen-bond acceptors (Lipinski definition) is 5. The maximum atomic E-state index is 13.4. The molecule has 2 rings (SSSR count). The predicted octanol–water partition coefficient (Wildman–Crippen LogP) is 2.35. The van der Waals surface area contributed by atoms with Crippen molar-refractivity contribution >= 4 is 33.7 Å². The van der Waals surface area contributed by atoms with Gasteiger partial charge in [0.05, 0.1) is 0 Å². The number of rotatable bonds is 8. The topological polar surface area (TPSA) is 102 Å². The van der Waals surface area contributed by atoms with Crippen LogP contribution in [-0.2, 0) is 24.3 Å². The van der Waals surface area contributed by atoms with E-state index in [-0.39, 0.29) is 0 Å². The van der Waals surface area contributed by atoms with Crippen molar-refractivity contribution in [3.8, 4) is 0 Å². The minimum Gasteiger partial charge on any atom is -0.455 e. The second kappa shape index (κ2) is 9.89. The van der Waals surface area contributed by atoms with Crippen molar-refractivity contribution in [2.75, 3.05) is 18.5 Å². The molecule has 2 aromatic rings. The van der Waals surface area contributed by atoms with Gasteiger partial charge in [-0.25, -0.2) is 21.9 Å². The second-order valence-electron chi connectivity index (χ2n) is 5.89. The van der Waals surface area contributed by atoms with Gasteiger partial charge in [-0.05, 0) is 30.7 Å². The number of halogens is 2. The molecule has 7 nitrogen and oxygen atoms in total. The summed E-state index contributed by atoms with van der Waals surface area (Å²) in [6, 6.07) is 10.1. The van der Waals surface area contributed by atoms with Gasteiger partial charge >= 0.3 is 5.97 Å². The number of carbonyl (C=O) groups is 2. The maximum Gasteiger partial charge on any atom is 0.321 e. The molecule has 0 aliphatic heterocycles. The molecule has 0 unspecified atom stereocenters. The molecule has 2 N–H and O–H groups in total. The Bertz CT molecular complexity index is 1000. The molecule has 0 aliphatic carbocycles. The Morgan fingerprint density at radius 2 is 1.69 bits per heavy atom. The number of sulfonamides is 1. The van der Waals surface area contributed by atoms with Gasteiger partial charge in [-0.1, -0.05) is 35.9 Å². The number of para-hydroxylation sites is 1. The van der Waals surface area contributed by atoms with Crippen LogP contribution in [0.5, 0.6) is 0 Å². The lowest BCUT2D eigenvalue weighted by molar-refractivity contribution is -0.146. The van der Waals surface area contributed by atoms with Crippen molar-refractivity contribution in [1.82, 2.24) is 4.72 Å². The van der Waals surface area contributed by atoms with Gasteiger partial charge in [0.1, 0.15) is 23.9 Å². The van der Waals surface area contributed by atoms with Crippen molar-refractivity contribution in [2.45, 2.75) is 6.92 Å². The van der Waals surface area contributed by atoms with E-state index in [4.69, 9.17) is 0 Å². The zero-order valence-corrected chi connectivity index (χ0v) is 16.1. The van der Waals surface area contributed by atoms with E-state index in [2.05, 4.69) is 4.74 Å². The van der Waals surface area contributed by atoms with Gasteiger partial charge in [0.15, 0.2) is 6.61 Å². The molecule has 0 radical (unpaired) electrons. The van der Waals surface area contributed by atoms with Gasteiger partial charge in [-0.3, -0.25) is 9.59 Å². The molecular formula is C19H18F2N2O5S. The highest BCUT2D eigenvalue weighted by Crippen LogP contribution is 2.17. The van der Waals surface area contributed by atoms with Gasteiger partial charge in [-0.15, -0.1) is 0 Å². The Morgan fingerprint density at radius 3 is 2.31 bits per heavy atom. The summed E-state index contributed by atoms with van der Waals surface area (Å²) in [5, 5.41) is 2.82. The van der Waals surface area contributed by atoms with Gasteiger partial charge in [-0.2, -0.15) is 0 Å². The Balaban J connectivity index is 1.80. The molecule has 2 aromatic carbocycles. The molecule has 0 atom stereocenters. The Hall–Kier alpha value is -3.11. The molecule has 29 heavy (non-hydrogen) atoms. The zero-order valence-electron chi connectivity index (χ0n) is 15.3. The first kappa shape index (κ1) is 22.2. The number of ether oxygens (including phenoxy) is 1. The van der Waals surface area contributed by atoms with E-state index in [0.717, 1.165) is 29.2 Å². The summed E-state index contributed by atoms with van der Waals surface area (Å²) >= 11 is 0. The summed E-state index contributed by atoms with van der Waals surface area (Å²) in [5.74, 6) is -4.00. The second-order valence-corrected chi connectivity index (χ2v) is 7.54. The maximum absolute atomic E-state index is 13.4. The number of carbonyl (C=O) groups excluding carboxylic acids is 2. The van der Waals surface area contributed by atoms with Crippen molar-refractivity contribution in [3.63, 3.8) is 0 Å². The largest absolute Gasteiger partial charge is 0.455 e. The SMILES string of the molecule is Cc1ccc(/C=C/S(=O)(=O)NCC(=O)OCC(=O)Nc2c(F)cccc2F)cc1. The summed E-state index contributed by atoms with van der Waals surface area (Å²) in [4.78, 5) is 23.2. The number of aryl methyl sites for hydroxylation is 1. The lowest BCUT2D eigenvalue weighted by Crippen LogP contribution is -2.31. The number of nitrogens with one attached hydrogen (secondary N) is 2. The molecule has 0 saturated carbocycles. The van der Waals surface area contributed by atoms with Crippen LogP contribution in [0.15, 0.2) is 47.9 Å². The van der Waals surface area contributed by atoms with Crippen LogP contribution in [0.25, 0.3) is 6.08 Å². The average Bonchev–Trinajstić information content (AvgIpc) is 2.67. The number of hydrogen-bond donors (Lipinski definition) is 2. The summed E-state index contributed by atoms with van der Waals surface area (Å²) in [7, 11) is -3.91. The Labute approximate surface area is 166 Å². The smallest absolute Gasteiger partial charge is 0.321 e. The number of esters is 1.